The molecule has 0 amide bonds. The third-order valence-corrected chi connectivity index (χ3v) is 2.88. The maximum atomic E-state index is 13.4. The molecule has 1 nitrogen and oxygen atoms in total. The summed E-state index contributed by atoms with van der Waals surface area (Å²) in [5, 5.41) is 0. The van der Waals surface area contributed by atoms with Gasteiger partial charge in [-0.2, -0.15) is 0 Å². The molecule has 2 aromatic carbocycles. The number of rotatable bonds is 4. The summed E-state index contributed by atoms with van der Waals surface area (Å²) < 4.78 is 13.4. The fourth-order valence-corrected chi connectivity index (χ4v) is 1.95. The van der Waals surface area contributed by atoms with Gasteiger partial charge in [0.15, 0.2) is 0 Å². The Labute approximate surface area is 114 Å². The summed E-state index contributed by atoms with van der Waals surface area (Å²) in [7, 11) is 4.04. The van der Waals surface area contributed by atoms with Gasteiger partial charge in [0.25, 0.3) is 0 Å². The first-order chi connectivity index (χ1) is 9.16. The van der Waals surface area contributed by atoms with Gasteiger partial charge in [0, 0.05) is 6.54 Å². The Morgan fingerprint density at radius 3 is 2.32 bits per heavy atom. The Morgan fingerprint density at radius 1 is 1.00 bits per heavy atom. The zero-order valence-electron chi connectivity index (χ0n) is 11.3. The van der Waals surface area contributed by atoms with Crippen LogP contribution in [0.3, 0.4) is 0 Å². The summed E-state index contributed by atoms with van der Waals surface area (Å²) in [6.45, 7) is 0.820. The number of hydrogen-bond donors (Lipinski definition) is 0. The molecule has 0 spiro atoms. The highest BCUT2D eigenvalue weighted by molar-refractivity contribution is 5.79. The van der Waals surface area contributed by atoms with Crippen molar-refractivity contribution in [3.05, 3.63) is 77.6 Å². The molecule has 0 radical (unpaired) electrons. The Bertz CT molecular complexity index is 558. The van der Waals surface area contributed by atoms with Gasteiger partial charge in [0.1, 0.15) is 5.82 Å². The van der Waals surface area contributed by atoms with Crippen LogP contribution in [0.15, 0.2) is 60.7 Å². The molecule has 2 heteroatoms. The monoisotopic (exact) mass is 255 g/mol. The van der Waals surface area contributed by atoms with Crippen molar-refractivity contribution in [2.24, 2.45) is 0 Å². The molecule has 0 bridgehead atoms. The van der Waals surface area contributed by atoms with Crippen molar-refractivity contribution < 1.29 is 4.39 Å². The molecule has 0 saturated carbocycles. The van der Waals surface area contributed by atoms with Crippen molar-refractivity contribution in [2.45, 2.75) is 0 Å². The van der Waals surface area contributed by atoms with Crippen molar-refractivity contribution in [1.82, 2.24) is 4.90 Å². The minimum atomic E-state index is -0.204. The molecule has 19 heavy (non-hydrogen) atoms. The first-order valence-electron chi connectivity index (χ1n) is 6.33. The summed E-state index contributed by atoms with van der Waals surface area (Å²) in [5.41, 5.74) is 3.08. The topological polar surface area (TPSA) is 3.24 Å². The van der Waals surface area contributed by atoms with Crippen LogP contribution in [0.5, 0.6) is 0 Å². The van der Waals surface area contributed by atoms with E-state index in [9.17, 15) is 4.39 Å². The average molecular weight is 255 g/mol. The van der Waals surface area contributed by atoms with E-state index in [4.69, 9.17) is 0 Å². The second kappa shape index (κ2) is 6.30. The molecule has 0 unspecified atom stereocenters. The molecule has 2 aromatic rings. The molecule has 0 aliphatic rings. The van der Waals surface area contributed by atoms with Crippen LogP contribution in [0, 0.1) is 5.82 Å². The Kier molecular flexibility index (Phi) is 4.48. The SMILES string of the molecule is CN(C)C/C=C(/c1ccccc1)c1cccc(F)c1. The zero-order valence-corrected chi connectivity index (χ0v) is 11.3. The van der Waals surface area contributed by atoms with E-state index >= 15 is 0 Å². The lowest BCUT2D eigenvalue weighted by molar-refractivity contribution is 0.457. The van der Waals surface area contributed by atoms with Gasteiger partial charge in [-0.15, -0.1) is 0 Å². The second-order valence-corrected chi connectivity index (χ2v) is 4.76. The van der Waals surface area contributed by atoms with Gasteiger partial charge in [-0.25, -0.2) is 4.39 Å². The predicted molar refractivity (Wildman–Crippen MR) is 78.5 cm³/mol. The van der Waals surface area contributed by atoms with Crippen molar-refractivity contribution in [3.8, 4) is 0 Å². The number of nitrogens with zero attached hydrogens (tertiary/aromatic N) is 1. The summed E-state index contributed by atoms with van der Waals surface area (Å²) in [4.78, 5) is 2.09. The molecule has 0 heterocycles. The van der Waals surface area contributed by atoms with Gasteiger partial charge in [-0.05, 0) is 42.9 Å². The summed E-state index contributed by atoms with van der Waals surface area (Å²) >= 11 is 0. The summed E-state index contributed by atoms with van der Waals surface area (Å²) in [5.74, 6) is -0.204. The summed E-state index contributed by atoms with van der Waals surface area (Å²) in [6.07, 6.45) is 2.13. The van der Waals surface area contributed by atoms with E-state index in [1.165, 1.54) is 6.07 Å². The van der Waals surface area contributed by atoms with Gasteiger partial charge in [0.2, 0.25) is 0 Å². The molecular weight excluding hydrogens is 237 g/mol. The molecule has 0 atom stereocenters. The van der Waals surface area contributed by atoms with E-state index in [1.807, 2.05) is 50.5 Å². The van der Waals surface area contributed by atoms with Crippen molar-refractivity contribution in [1.29, 1.82) is 0 Å². The highest BCUT2D eigenvalue weighted by atomic mass is 19.1. The van der Waals surface area contributed by atoms with Gasteiger partial charge in [0.05, 0.1) is 0 Å². The lowest BCUT2D eigenvalue weighted by Gasteiger charge is -2.11. The number of halogens is 1. The van der Waals surface area contributed by atoms with Crippen LogP contribution in [-0.4, -0.2) is 25.5 Å². The van der Waals surface area contributed by atoms with E-state index in [1.54, 1.807) is 12.1 Å². The third-order valence-electron chi connectivity index (χ3n) is 2.88. The van der Waals surface area contributed by atoms with Crippen molar-refractivity contribution >= 4 is 5.57 Å². The first-order valence-corrected chi connectivity index (χ1v) is 6.33. The average Bonchev–Trinajstić information content (AvgIpc) is 2.40. The normalized spacial score (nSPS) is 11.9. The Morgan fingerprint density at radius 2 is 1.68 bits per heavy atom. The van der Waals surface area contributed by atoms with Crippen LogP contribution >= 0.6 is 0 Å². The van der Waals surface area contributed by atoms with E-state index in [0.29, 0.717) is 0 Å². The standard InChI is InChI=1S/C17H18FN/c1-19(2)12-11-17(14-7-4-3-5-8-14)15-9-6-10-16(18)13-15/h3-11,13H,12H2,1-2H3/b17-11-. The third kappa shape index (κ3) is 3.76. The van der Waals surface area contributed by atoms with E-state index in [2.05, 4.69) is 11.0 Å². The van der Waals surface area contributed by atoms with E-state index in [-0.39, 0.29) is 5.82 Å². The molecule has 0 aromatic heterocycles. The van der Waals surface area contributed by atoms with Crippen molar-refractivity contribution in [3.63, 3.8) is 0 Å². The lowest BCUT2D eigenvalue weighted by Crippen LogP contribution is -2.11. The van der Waals surface area contributed by atoms with Gasteiger partial charge >= 0.3 is 0 Å². The molecule has 0 fully saturated rings. The van der Waals surface area contributed by atoms with Crippen molar-refractivity contribution in [2.75, 3.05) is 20.6 Å². The van der Waals surface area contributed by atoms with E-state index in [0.717, 1.165) is 23.2 Å². The predicted octanol–water partition coefficient (Wildman–Crippen LogP) is 3.82. The highest BCUT2D eigenvalue weighted by Gasteiger charge is 2.05. The second-order valence-electron chi connectivity index (χ2n) is 4.76. The van der Waals surface area contributed by atoms with Crippen LogP contribution in [0.2, 0.25) is 0 Å². The molecule has 0 N–H and O–H groups in total. The van der Waals surface area contributed by atoms with Gasteiger partial charge in [-0.1, -0.05) is 48.5 Å². The first kappa shape index (κ1) is 13.5. The molecular formula is C17H18FN. The van der Waals surface area contributed by atoms with Crippen LogP contribution in [-0.2, 0) is 0 Å². The van der Waals surface area contributed by atoms with E-state index < -0.39 is 0 Å². The minimum absolute atomic E-state index is 0.204. The molecule has 0 aliphatic carbocycles. The van der Waals surface area contributed by atoms with Gasteiger partial charge < -0.3 is 4.90 Å². The minimum Gasteiger partial charge on any atom is -0.306 e. The molecule has 2 rings (SSSR count). The van der Waals surface area contributed by atoms with Crippen LogP contribution < -0.4 is 0 Å². The Balaban J connectivity index is 2.43. The van der Waals surface area contributed by atoms with Gasteiger partial charge in [-0.3, -0.25) is 0 Å². The van der Waals surface area contributed by atoms with Crippen LogP contribution in [0.1, 0.15) is 11.1 Å². The summed E-state index contributed by atoms with van der Waals surface area (Å²) in [6, 6.07) is 16.8. The van der Waals surface area contributed by atoms with Crippen LogP contribution in [0.25, 0.3) is 5.57 Å². The lowest BCUT2D eigenvalue weighted by atomic mass is 9.97. The zero-order chi connectivity index (χ0) is 13.7. The smallest absolute Gasteiger partial charge is 0.123 e. The fraction of sp³-hybridized carbons (Fsp3) is 0.176. The quantitative estimate of drug-likeness (QED) is 0.802. The number of benzene rings is 2. The van der Waals surface area contributed by atoms with Crippen LogP contribution in [0.4, 0.5) is 4.39 Å². The molecule has 0 aliphatic heterocycles. The molecule has 0 saturated heterocycles. The highest BCUT2D eigenvalue weighted by Crippen LogP contribution is 2.23. The number of hydrogen-bond acceptors (Lipinski definition) is 1. The maximum Gasteiger partial charge on any atom is 0.123 e. The fourth-order valence-electron chi connectivity index (χ4n) is 1.95. The largest absolute Gasteiger partial charge is 0.306 e. The molecule has 98 valence electrons. The Hall–Kier alpha value is -1.93. The maximum absolute atomic E-state index is 13.4. The number of likely N-dealkylation sites (N-methyl/N-ethyl adjacent to an activating group) is 1.